The quantitative estimate of drug-likeness (QED) is 0.496. The highest BCUT2D eigenvalue weighted by Gasteiger charge is 2.42. The highest BCUT2D eigenvalue weighted by molar-refractivity contribution is 7.87. The Bertz CT molecular complexity index is 1380. The number of allylic oxidation sites excluding steroid dienone is 4. The zero-order chi connectivity index (χ0) is 25.6. The largest absolute Gasteiger partial charge is 0.493 e. The van der Waals surface area contributed by atoms with Crippen molar-refractivity contribution in [2.24, 2.45) is 0 Å². The van der Waals surface area contributed by atoms with Crippen molar-refractivity contribution in [2.75, 3.05) is 14.2 Å². The zero-order valence-electron chi connectivity index (χ0n) is 20.0. The lowest BCUT2D eigenvalue weighted by molar-refractivity contribution is -0.117. The molecule has 0 aromatic heterocycles. The molecule has 1 aliphatic heterocycles. The summed E-state index contributed by atoms with van der Waals surface area (Å²) in [6.07, 6.45) is 4.00. The van der Waals surface area contributed by atoms with E-state index in [-0.39, 0.29) is 28.0 Å². The highest BCUT2D eigenvalue weighted by atomic mass is 35.5. The van der Waals surface area contributed by atoms with Gasteiger partial charge in [-0.25, -0.2) is 0 Å². The van der Waals surface area contributed by atoms with E-state index in [0.717, 1.165) is 37.1 Å². The first-order chi connectivity index (χ1) is 17.2. The van der Waals surface area contributed by atoms with Crippen LogP contribution in [0.2, 0.25) is 5.02 Å². The van der Waals surface area contributed by atoms with Crippen LogP contribution in [0.15, 0.2) is 69.9 Å². The van der Waals surface area contributed by atoms with Gasteiger partial charge in [0.15, 0.2) is 23.1 Å². The molecule has 0 atom stereocenters. The van der Waals surface area contributed by atoms with Gasteiger partial charge in [0.1, 0.15) is 4.90 Å². The topological polar surface area (TPSA) is 90.0 Å². The van der Waals surface area contributed by atoms with Crippen molar-refractivity contribution in [3.8, 4) is 11.5 Å². The fourth-order valence-electron chi connectivity index (χ4n) is 5.39. The Labute approximate surface area is 215 Å². The van der Waals surface area contributed by atoms with Crippen LogP contribution in [-0.2, 0) is 19.7 Å². The van der Waals surface area contributed by atoms with E-state index in [2.05, 4.69) is 0 Å². The van der Waals surface area contributed by atoms with E-state index in [1.54, 1.807) is 12.1 Å². The fourth-order valence-corrected chi connectivity index (χ4v) is 6.45. The van der Waals surface area contributed by atoms with Gasteiger partial charge in [-0.2, -0.15) is 8.42 Å². The van der Waals surface area contributed by atoms with Gasteiger partial charge in [-0.1, -0.05) is 17.7 Å². The number of carbonyl (C=O) groups excluding carboxylic acids is 2. The number of hydrogen-bond donors (Lipinski definition) is 0. The summed E-state index contributed by atoms with van der Waals surface area (Å²) < 4.78 is 36.6. The minimum atomic E-state index is -4.14. The summed E-state index contributed by atoms with van der Waals surface area (Å²) >= 11 is 5.87. The van der Waals surface area contributed by atoms with Crippen LogP contribution in [0.4, 0.5) is 0 Å². The van der Waals surface area contributed by atoms with Crippen molar-refractivity contribution >= 4 is 33.3 Å². The summed E-state index contributed by atoms with van der Waals surface area (Å²) in [4.78, 5) is 28.3. The number of Topliss-reactive ketones (excluding diaryl/α,β-unsaturated/α-hetero) is 2. The van der Waals surface area contributed by atoms with Crippen LogP contribution in [0.3, 0.4) is 0 Å². The molecule has 2 aromatic carbocycles. The Hall–Kier alpha value is -3.10. The van der Waals surface area contributed by atoms with Gasteiger partial charge in [0, 0.05) is 53.4 Å². The summed E-state index contributed by atoms with van der Waals surface area (Å²) in [5.74, 6) is -0.217. The Morgan fingerprint density at radius 1 is 0.861 bits per heavy atom. The number of hydrogen-bond acceptors (Lipinski definition) is 7. The van der Waals surface area contributed by atoms with E-state index in [0.29, 0.717) is 34.6 Å². The monoisotopic (exact) mass is 527 g/mol. The third-order valence-electron chi connectivity index (χ3n) is 7.07. The van der Waals surface area contributed by atoms with Crippen molar-refractivity contribution in [2.45, 2.75) is 49.3 Å². The zero-order valence-corrected chi connectivity index (χ0v) is 21.6. The minimum absolute atomic E-state index is 0.0116. The summed E-state index contributed by atoms with van der Waals surface area (Å²) in [6, 6.07) is 10.6. The number of ketones is 2. The first-order valence-corrected chi connectivity index (χ1v) is 13.6. The van der Waals surface area contributed by atoms with Gasteiger partial charge in [0.05, 0.1) is 7.11 Å². The van der Waals surface area contributed by atoms with Crippen molar-refractivity contribution in [3.05, 3.63) is 75.6 Å². The second kappa shape index (κ2) is 9.41. The number of benzene rings is 2. The molecule has 7 nitrogen and oxygen atoms in total. The molecule has 0 spiro atoms. The predicted octanol–water partition coefficient (Wildman–Crippen LogP) is 5.16. The van der Waals surface area contributed by atoms with Gasteiger partial charge < -0.3 is 13.8 Å². The van der Waals surface area contributed by atoms with Gasteiger partial charge in [0.25, 0.3) is 0 Å². The molecule has 3 aliphatic rings. The van der Waals surface area contributed by atoms with E-state index in [9.17, 15) is 18.0 Å². The third kappa shape index (κ3) is 4.22. The standard InChI is InChI=1S/C27H26ClNO6S/c1-29-19-5-3-7-21(30)26(19)25(27-20(29)6-4-8-22(27)31)16-9-14-23(24(15-16)34-2)35-36(32,33)18-12-10-17(28)11-13-18/h9-15,25H,3-8H2,1-2H3. The van der Waals surface area contributed by atoms with Crippen LogP contribution in [0.5, 0.6) is 11.5 Å². The lowest BCUT2D eigenvalue weighted by atomic mass is 9.71. The molecule has 1 heterocycles. The van der Waals surface area contributed by atoms with E-state index >= 15 is 0 Å². The van der Waals surface area contributed by atoms with E-state index < -0.39 is 16.0 Å². The van der Waals surface area contributed by atoms with E-state index in [4.69, 9.17) is 20.5 Å². The van der Waals surface area contributed by atoms with Gasteiger partial charge in [-0.3, -0.25) is 9.59 Å². The second-order valence-corrected chi connectivity index (χ2v) is 11.2. The Morgan fingerprint density at radius 3 is 2.00 bits per heavy atom. The van der Waals surface area contributed by atoms with Crippen molar-refractivity contribution in [1.29, 1.82) is 0 Å². The van der Waals surface area contributed by atoms with Crippen LogP contribution in [0, 0.1) is 0 Å². The molecular formula is C27H26ClNO6S. The molecule has 2 aliphatic carbocycles. The maximum atomic E-state index is 13.2. The van der Waals surface area contributed by atoms with Gasteiger partial charge in [-0.15, -0.1) is 0 Å². The number of nitrogens with zero attached hydrogens (tertiary/aromatic N) is 1. The minimum Gasteiger partial charge on any atom is -0.493 e. The molecule has 36 heavy (non-hydrogen) atoms. The highest BCUT2D eigenvalue weighted by Crippen LogP contribution is 2.49. The molecule has 0 fully saturated rings. The van der Waals surface area contributed by atoms with Crippen LogP contribution < -0.4 is 8.92 Å². The average Bonchev–Trinajstić information content (AvgIpc) is 2.86. The number of halogens is 1. The summed E-state index contributed by atoms with van der Waals surface area (Å²) in [5, 5.41) is 0.408. The molecule has 0 radical (unpaired) electrons. The van der Waals surface area contributed by atoms with Crippen molar-refractivity contribution < 1.29 is 26.9 Å². The van der Waals surface area contributed by atoms with Crippen molar-refractivity contribution in [1.82, 2.24) is 4.90 Å². The molecule has 0 bridgehead atoms. The number of rotatable bonds is 5. The molecule has 5 rings (SSSR count). The fraction of sp³-hybridized carbons (Fsp3) is 0.333. The lowest BCUT2D eigenvalue weighted by Crippen LogP contribution is -2.37. The lowest BCUT2D eigenvalue weighted by Gasteiger charge is -2.42. The summed E-state index contributed by atoms with van der Waals surface area (Å²) in [7, 11) is -0.775. The average molecular weight is 528 g/mol. The predicted molar refractivity (Wildman–Crippen MR) is 135 cm³/mol. The van der Waals surface area contributed by atoms with Gasteiger partial charge in [0.2, 0.25) is 0 Å². The summed E-state index contributed by atoms with van der Waals surface area (Å²) in [6.45, 7) is 0. The van der Waals surface area contributed by atoms with Crippen LogP contribution in [-0.4, -0.2) is 39.0 Å². The smallest absolute Gasteiger partial charge is 0.339 e. The maximum Gasteiger partial charge on any atom is 0.339 e. The van der Waals surface area contributed by atoms with Crippen LogP contribution >= 0.6 is 11.6 Å². The first kappa shape index (κ1) is 24.6. The first-order valence-electron chi connectivity index (χ1n) is 11.9. The molecule has 0 N–H and O–H groups in total. The van der Waals surface area contributed by atoms with E-state index in [1.165, 1.54) is 37.4 Å². The third-order valence-corrected chi connectivity index (χ3v) is 8.57. The Morgan fingerprint density at radius 2 is 1.44 bits per heavy atom. The Balaban J connectivity index is 1.58. The molecule has 0 amide bonds. The normalized spacial score (nSPS) is 18.8. The molecular weight excluding hydrogens is 502 g/mol. The molecule has 0 unspecified atom stereocenters. The molecule has 0 saturated carbocycles. The number of carbonyl (C=O) groups is 2. The van der Waals surface area contributed by atoms with Crippen molar-refractivity contribution in [3.63, 3.8) is 0 Å². The van der Waals surface area contributed by atoms with E-state index in [1.807, 2.05) is 11.9 Å². The molecule has 9 heteroatoms. The van der Waals surface area contributed by atoms with Crippen LogP contribution in [0.1, 0.15) is 50.0 Å². The van der Waals surface area contributed by atoms with Crippen LogP contribution in [0.25, 0.3) is 0 Å². The molecule has 2 aromatic rings. The van der Waals surface area contributed by atoms with Gasteiger partial charge >= 0.3 is 10.1 Å². The second-order valence-electron chi connectivity index (χ2n) is 9.17. The summed E-state index contributed by atoms with van der Waals surface area (Å²) in [5.41, 5.74) is 3.94. The Kier molecular flexibility index (Phi) is 6.43. The number of ether oxygens (including phenoxy) is 1. The van der Waals surface area contributed by atoms with Gasteiger partial charge in [-0.05, 0) is 67.6 Å². The molecule has 188 valence electrons. The SMILES string of the molecule is COc1cc(C2C3=C(CCCC3=O)N(C)C3=C2C(=O)CCC3)ccc1OS(=O)(=O)c1ccc(Cl)cc1. The maximum absolute atomic E-state index is 13.2. The number of methoxy groups -OCH3 is 1. The molecule has 0 saturated heterocycles.